The number of hydrogen-bond donors (Lipinski definition) is 2. The zero-order chi connectivity index (χ0) is 20.6. The van der Waals surface area contributed by atoms with Crippen molar-refractivity contribution < 1.29 is 9.59 Å². The molecule has 1 aliphatic rings. The van der Waals surface area contributed by atoms with E-state index in [1.54, 1.807) is 4.90 Å². The largest absolute Gasteiger partial charge is 0.354 e. The summed E-state index contributed by atoms with van der Waals surface area (Å²) in [4.78, 5) is 38.8. The number of hydrogen-bond acceptors (Lipinski definition) is 5. The third-order valence-corrected chi connectivity index (χ3v) is 5.06. The monoisotopic (exact) mass is 397 g/mol. The number of nitrogens with two attached hydrogens (primary N) is 1. The van der Waals surface area contributed by atoms with Crippen LogP contribution in [0.5, 0.6) is 0 Å². The molecule has 0 saturated carbocycles. The van der Waals surface area contributed by atoms with Crippen molar-refractivity contribution in [1.82, 2.24) is 20.0 Å². The molecular formula is C21H27N5O3. The fourth-order valence-corrected chi connectivity index (χ4v) is 3.51. The van der Waals surface area contributed by atoms with Crippen molar-refractivity contribution in [3.63, 3.8) is 0 Å². The average molecular weight is 397 g/mol. The Balaban J connectivity index is 1.74. The van der Waals surface area contributed by atoms with Crippen LogP contribution in [0.4, 0.5) is 0 Å². The summed E-state index contributed by atoms with van der Waals surface area (Å²) < 4.78 is 1.31. The first-order valence-electron chi connectivity index (χ1n) is 9.98. The second-order valence-corrected chi connectivity index (χ2v) is 7.19. The molecule has 0 spiro atoms. The Morgan fingerprint density at radius 3 is 2.69 bits per heavy atom. The summed E-state index contributed by atoms with van der Waals surface area (Å²) in [5.74, 6) is -0.329. The van der Waals surface area contributed by atoms with Gasteiger partial charge in [-0.05, 0) is 30.9 Å². The van der Waals surface area contributed by atoms with E-state index in [0.29, 0.717) is 26.2 Å². The van der Waals surface area contributed by atoms with Crippen LogP contribution in [0.2, 0.25) is 0 Å². The molecule has 1 aromatic heterocycles. The van der Waals surface area contributed by atoms with Crippen LogP contribution >= 0.6 is 0 Å². The molecule has 0 bridgehead atoms. The number of carbonyl (C=O) groups excluding carboxylic acids is 2. The lowest BCUT2D eigenvalue weighted by Gasteiger charge is -2.35. The van der Waals surface area contributed by atoms with Crippen LogP contribution in [0.25, 0.3) is 0 Å². The van der Waals surface area contributed by atoms with Crippen molar-refractivity contribution in [3.8, 4) is 0 Å². The first kappa shape index (κ1) is 20.7. The van der Waals surface area contributed by atoms with Crippen LogP contribution in [0.15, 0.2) is 47.3 Å². The SMILES string of the molecule is NCCC(=O)NCC1CCCCN1C(=O)c1ccc(=O)n(Cc2ccccc2)n1. The standard InChI is InChI=1S/C21H27N5O3/c22-12-11-19(27)23-14-17-8-4-5-13-25(17)21(29)18-9-10-20(28)26(24-18)15-16-6-2-1-3-7-16/h1-3,6-7,9-10,17H,4-5,8,11-15,22H2,(H,23,27). The lowest BCUT2D eigenvalue weighted by Crippen LogP contribution is -2.50. The minimum absolute atomic E-state index is 0.0886. The molecule has 154 valence electrons. The van der Waals surface area contributed by atoms with Crippen LogP contribution in [-0.4, -0.2) is 52.2 Å². The predicted octanol–water partition coefficient (Wildman–Crippen LogP) is 0.751. The summed E-state index contributed by atoms with van der Waals surface area (Å²) >= 11 is 0. The highest BCUT2D eigenvalue weighted by atomic mass is 16.2. The Morgan fingerprint density at radius 2 is 1.93 bits per heavy atom. The molecule has 1 fully saturated rings. The molecule has 8 heteroatoms. The zero-order valence-corrected chi connectivity index (χ0v) is 16.4. The Bertz CT molecular complexity index is 897. The maximum Gasteiger partial charge on any atom is 0.274 e. The minimum atomic E-state index is -0.255. The van der Waals surface area contributed by atoms with E-state index in [9.17, 15) is 14.4 Å². The third-order valence-electron chi connectivity index (χ3n) is 5.06. The third kappa shape index (κ3) is 5.51. The average Bonchev–Trinajstić information content (AvgIpc) is 2.74. The molecule has 0 aliphatic carbocycles. The number of aromatic nitrogens is 2. The normalized spacial score (nSPS) is 16.4. The van der Waals surface area contributed by atoms with Gasteiger partial charge in [0.15, 0.2) is 0 Å². The summed E-state index contributed by atoms with van der Waals surface area (Å²) in [7, 11) is 0. The lowest BCUT2D eigenvalue weighted by atomic mass is 10.0. The second-order valence-electron chi connectivity index (χ2n) is 7.19. The van der Waals surface area contributed by atoms with E-state index >= 15 is 0 Å². The van der Waals surface area contributed by atoms with Gasteiger partial charge in [0.2, 0.25) is 5.91 Å². The van der Waals surface area contributed by atoms with Crippen LogP contribution in [0.1, 0.15) is 41.7 Å². The number of rotatable bonds is 7. The van der Waals surface area contributed by atoms with Crippen molar-refractivity contribution in [2.75, 3.05) is 19.6 Å². The van der Waals surface area contributed by atoms with E-state index in [1.807, 2.05) is 30.3 Å². The van der Waals surface area contributed by atoms with Crippen molar-refractivity contribution in [2.45, 2.75) is 38.3 Å². The lowest BCUT2D eigenvalue weighted by molar-refractivity contribution is -0.121. The molecule has 8 nitrogen and oxygen atoms in total. The first-order chi connectivity index (χ1) is 14.1. The predicted molar refractivity (Wildman–Crippen MR) is 109 cm³/mol. The van der Waals surface area contributed by atoms with Gasteiger partial charge < -0.3 is 16.0 Å². The van der Waals surface area contributed by atoms with Gasteiger partial charge in [-0.25, -0.2) is 4.68 Å². The quantitative estimate of drug-likeness (QED) is 0.716. The summed E-state index contributed by atoms with van der Waals surface area (Å²) in [5, 5.41) is 7.17. The molecule has 1 aromatic carbocycles. The highest BCUT2D eigenvalue weighted by molar-refractivity contribution is 5.92. The van der Waals surface area contributed by atoms with Gasteiger partial charge in [0.1, 0.15) is 5.69 Å². The Kier molecular flexibility index (Phi) is 7.13. The number of piperidine rings is 1. The Labute approximate surface area is 169 Å². The molecule has 2 aromatic rings. The molecule has 3 N–H and O–H groups in total. The van der Waals surface area contributed by atoms with Gasteiger partial charge in [-0.3, -0.25) is 14.4 Å². The summed E-state index contributed by atoms with van der Waals surface area (Å²) in [5.41, 5.74) is 6.33. The number of benzene rings is 1. The van der Waals surface area contributed by atoms with Gasteiger partial charge in [0, 0.05) is 38.2 Å². The number of nitrogens with one attached hydrogen (secondary N) is 1. The van der Waals surface area contributed by atoms with Crippen LogP contribution in [0, 0.1) is 0 Å². The summed E-state index contributed by atoms with van der Waals surface area (Å²) in [6, 6.07) is 12.3. The summed E-state index contributed by atoms with van der Waals surface area (Å²) in [6.45, 7) is 1.61. The van der Waals surface area contributed by atoms with Gasteiger partial charge >= 0.3 is 0 Å². The minimum Gasteiger partial charge on any atom is -0.354 e. The maximum absolute atomic E-state index is 13.1. The number of nitrogens with zero attached hydrogens (tertiary/aromatic N) is 3. The van der Waals surface area contributed by atoms with E-state index in [2.05, 4.69) is 10.4 Å². The molecule has 2 heterocycles. The van der Waals surface area contributed by atoms with Crippen LogP contribution < -0.4 is 16.6 Å². The Hall–Kier alpha value is -3.00. The van der Waals surface area contributed by atoms with Crippen molar-refractivity contribution >= 4 is 11.8 Å². The highest BCUT2D eigenvalue weighted by Gasteiger charge is 2.28. The number of carbonyl (C=O) groups is 2. The van der Waals surface area contributed by atoms with Gasteiger partial charge in [0.05, 0.1) is 6.54 Å². The smallest absolute Gasteiger partial charge is 0.274 e. The van der Waals surface area contributed by atoms with Crippen molar-refractivity contribution in [1.29, 1.82) is 0 Å². The van der Waals surface area contributed by atoms with E-state index in [0.717, 1.165) is 24.8 Å². The number of amides is 2. The molecular weight excluding hydrogens is 370 g/mol. The fraction of sp³-hybridized carbons (Fsp3) is 0.429. The molecule has 0 radical (unpaired) electrons. The van der Waals surface area contributed by atoms with Gasteiger partial charge in [-0.15, -0.1) is 0 Å². The molecule has 1 saturated heterocycles. The van der Waals surface area contributed by atoms with Gasteiger partial charge in [0.25, 0.3) is 11.5 Å². The second kappa shape index (κ2) is 9.97. The van der Waals surface area contributed by atoms with E-state index in [-0.39, 0.29) is 35.5 Å². The first-order valence-corrected chi connectivity index (χ1v) is 9.98. The van der Waals surface area contributed by atoms with Crippen LogP contribution in [-0.2, 0) is 11.3 Å². The van der Waals surface area contributed by atoms with Crippen molar-refractivity contribution in [3.05, 3.63) is 64.1 Å². The van der Waals surface area contributed by atoms with E-state index in [4.69, 9.17) is 5.73 Å². The molecule has 29 heavy (non-hydrogen) atoms. The molecule has 1 aliphatic heterocycles. The Morgan fingerprint density at radius 1 is 1.14 bits per heavy atom. The molecule has 1 atom stereocenters. The van der Waals surface area contributed by atoms with E-state index in [1.165, 1.54) is 16.8 Å². The van der Waals surface area contributed by atoms with Crippen LogP contribution in [0.3, 0.4) is 0 Å². The fourth-order valence-electron chi connectivity index (χ4n) is 3.51. The molecule has 2 amide bonds. The topological polar surface area (TPSA) is 110 Å². The molecule has 3 rings (SSSR count). The number of likely N-dealkylation sites (tertiary alicyclic amines) is 1. The molecule has 1 unspecified atom stereocenters. The van der Waals surface area contributed by atoms with Crippen molar-refractivity contribution in [2.24, 2.45) is 5.73 Å². The highest BCUT2D eigenvalue weighted by Crippen LogP contribution is 2.18. The van der Waals surface area contributed by atoms with Gasteiger partial charge in [-0.1, -0.05) is 30.3 Å². The zero-order valence-electron chi connectivity index (χ0n) is 16.4. The van der Waals surface area contributed by atoms with Gasteiger partial charge in [-0.2, -0.15) is 5.10 Å². The maximum atomic E-state index is 13.1. The summed E-state index contributed by atoms with van der Waals surface area (Å²) in [6.07, 6.45) is 3.00. The van der Waals surface area contributed by atoms with E-state index < -0.39 is 0 Å².